The molecule has 0 saturated heterocycles. The second kappa shape index (κ2) is 11.6. The van der Waals surface area contributed by atoms with Crippen LogP contribution in [0.1, 0.15) is 39.2 Å². The first-order valence-corrected chi connectivity index (χ1v) is 12.3. The van der Waals surface area contributed by atoms with Crippen LogP contribution in [0, 0.1) is 23.7 Å². The molecule has 0 aromatic heterocycles. The van der Waals surface area contributed by atoms with E-state index in [9.17, 15) is 13.2 Å². The average Bonchev–Trinajstić information content (AvgIpc) is 2.68. The second-order valence-corrected chi connectivity index (χ2v) is 10.4. The number of hydrogen-bond acceptors (Lipinski definition) is 4. The highest BCUT2D eigenvalue weighted by atomic mass is 32.2. The van der Waals surface area contributed by atoms with E-state index in [1.54, 1.807) is 7.11 Å². The summed E-state index contributed by atoms with van der Waals surface area (Å²) in [4.78, 5) is 12.2. The fourth-order valence-corrected chi connectivity index (χ4v) is 5.34. The zero-order chi connectivity index (χ0) is 22.1. The van der Waals surface area contributed by atoms with Gasteiger partial charge in [0, 0.05) is 26.6 Å². The first-order chi connectivity index (χ1) is 14.2. The van der Waals surface area contributed by atoms with Crippen molar-refractivity contribution in [1.82, 2.24) is 10.0 Å². The summed E-state index contributed by atoms with van der Waals surface area (Å²) in [6, 6.07) is 9.21. The number of carbonyl (C=O) groups is 1. The lowest BCUT2D eigenvalue weighted by Crippen LogP contribution is -2.38. The van der Waals surface area contributed by atoms with Crippen LogP contribution in [-0.2, 0) is 25.3 Å². The van der Waals surface area contributed by atoms with Crippen LogP contribution in [0.15, 0.2) is 42.0 Å². The molecule has 0 spiro atoms. The van der Waals surface area contributed by atoms with Crippen molar-refractivity contribution in [3.05, 3.63) is 47.5 Å². The van der Waals surface area contributed by atoms with Gasteiger partial charge in [-0.2, -0.15) is 0 Å². The highest BCUT2D eigenvalue weighted by Gasteiger charge is 2.33. The normalized spacial score (nSPS) is 22.0. The molecule has 7 heteroatoms. The molecule has 1 amide bonds. The number of sulfonamides is 1. The van der Waals surface area contributed by atoms with Gasteiger partial charge in [-0.3, -0.25) is 4.79 Å². The molecule has 168 valence electrons. The number of methoxy groups -OCH3 is 1. The molecular formula is C23H36N2O4S. The third kappa shape index (κ3) is 7.85. The van der Waals surface area contributed by atoms with Gasteiger partial charge in [-0.1, -0.05) is 55.8 Å². The molecule has 1 aromatic carbocycles. The first-order valence-electron chi connectivity index (χ1n) is 10.7. The molecule has 1 aliphatic carbocycles. The van der Waals surface area contributed by atoms with E-state index >= 15 is 0 Å². The Hall–Kier alpha value is -1.70. The lowest BCUT2D eigenvalue weighted by molar-refractivity contribution is -0.122. The molecule has 1 aliphatic rings. The van der Waals surface area contributed by atoms with E-state index in [2.05, 4.69) is 36.9 Å². The number of nitrogens with one attached hydrogen (secondary N) is 2. The Kier molecular flexibility index (Phi) is 9.52. The molecule has 0 fully saturated rings. The fourth-order valence-electron chi connectivity index (χ4n) is 4.16. The van der Waals surface area contributed by atoms with E-state index in [0.717, 1.165) is 12.0 Å². The number of carbonyl (C=O) groups excluding carboxylic acids is 1. The van der Waals surface area contributed by atoms with Crippen molar-refractivity contribution in [2.24, 2.45) is 23.7 Å². The first kappa shape index (κ1) is 24.6. The fraction of sp³-hybridized carbons (Fsp3) is 0.609. The summed E-state index contributed by atoms with van der Waals surface area (Å²) < 4.78 is 32.9. The van der Waals surface area contributed by atoms with E-state index in [0.29, 0.717) is 38.0 Å². The maximum atomic E-state index is 12.5. The summed E-state index contributed by atoms with van der Waals surface area (Å²) in [5.74, 6) is 1.07. The maximum absolute atomic E-state index is 12.5. The van der Waals surface area contributed by atoms with Crippen LogP contribution in [0.2, 0.25) is 0 Å². The molecular weight excluding hydrogens is 400 g/mol. The van der Waals surface area contributed by atoms with Crippen LogP contribution in [0.25, 0.3) is 0 Å². The van der Waals surface area contributed by atoms with Crippen molar-refractivity contribution in [2.75, 3.05) is 26.8 Å². The third-order valence-electron chi connectivity index (χ3n) is 5.88. The maximum Gasteiger partial charge on any atom is 0.220 e. The Morgan fingerprint density at radius 1 is 1.23 bits per heavy atom. The molecule has 2 rings (SSSR count). The highest BCUT2D eigenvalue weighted by Crippen LogP contribution is 2.38. The standard InChI is InChI=1S/C23H36N2O4S/c1-17(2)22-13-20(14-23(26)24-10-11-29-4)18(3)12-21(22)15-25-30(27,28)16-19-8-6-5-7-9-19/h5-9,12,17,20-22,25H,10-11,13-16H2,1-4H3,(H,24,26). The van der Waals surface area contributed by atoms with Crippen LogP contribution < -0.4 is 10.0 Å². The Morgan fingerprint density at radius 2 is 1.93 bits per heavy atom. The zero-order valence-corrected chi connectivity index (χ0v) is 19.4. The molecule has 3 unspecified atom stereocenters. The monoisotopic (exact) mass is 436 g/mol. The molecule has 3 atom stereocenters. The molecule has 30 heavy (non-hydrogen) atoms. The summed E-state index contributed by atoms with van der Waals surface area (Å²) in [5.41, 5.74) is 1.95. The summed E-state index contributed by atoms with van der Waals surface area (Å²) in [7, 11) is -1.79. The zero-order valence-electron chi connectivity index (χ0n) is 18.6. The molecule has 0 heterocycles. The summed E-state index contributed by atoms with van der Waals surface area (Å²) in [6.07, 6.45) is 3.52. The van der Waals surface area contributed by atoms with E-state index in [1.165, 1.54) is 5.57 Å². The van der Waals surface area contributed by atoms with Crippen molar-refractivity contribution >= 4 is 15.9 Å². The number of benzene rings is 1. The number of allylic oxidation sites excluding steroid dienone is 1. The topological polar surface area (TPSA) is 84.5 Å². The molecule has 1 aromatic rings. The summed E-state index contributed by atoms with van der Waals surface area (Å²) >= 11 is 0. The van der Waals surface area contributed by atoms with E-state index in [-0.39, 0.29) is 23.5 Å². The largest absolute Gasteiger partial charge is 0.383 e. The van der Waals surface area contributed by atoms with Gasteiger partial charge >= 0.3 is 0 Å². The summed E-state index contributed by atoms with van der Waals surface area (Å²) in [6.45, 7) is 7.80. The number of amides is 1. The molecule has 0 bridgehead atoms. The lowest BCUT2D eigenvalue weighted by Gasteiger charge is -2.37. The van der Waals surface area contributed by atoms with Gasteiger partial charge in [0.15, 0.2) is 0 Å². The van der Waals surface area contributed by atoms with Crippen molar-refractivity contribution < 1.29 is 17.9 Å². The van der Waals surface area contributed by atoms with E-state index in [4.69, 9.17) is 4.74 Å². The second-order valence-electron chi connectivity index (χ2n) is 8.56. The van der Waals surface area contributed by atoms with Gasteiger partial charge in [-0.05, 0) is 42.6 Å². The molecule has 0 saturated carbocycles. The highest BCUT2D eigenvalue weighted by molar-refractivity contribution is 7.88. The predicted octanol–water partition coefficient (Wildman–Crippen LogP) is 3.11. The minimum atomic E-state index is -3.40. The number of hydrogen-bond donors (Lipinski definition) is 2. The van der Waals surface area contributed by atoms with Crippen molar-refractivity contribution in [3.63, 3.8) is 0 Å². The van der Waals surface area contributed by atoms with Gasteiger partial charge < -0.3 is 10.1 Å². The predicted molar refractivity (Wildman–Crippen MR) is 120 cm³/mol. The van der Waals surface area contributed by atoms with Crippen LogP contribution in [0.3, 0.4) is 0 Å². The van der Waals surface area contributed by atoms with Crippen LogP contribution in [0.4, 0.5) is 0 Å². The van der Waals surface area contributed by atoms with Gasteiger partial charge in [0.05, 0.1) is 12.4 Å². The van der Waals surface area contributed by atoms with E-state index < -0.39 is 10.0 Å². The number of rotatable bonds is 11. The minimum Gasteiger partial charge on any atom is -0.383 e. The Morgan fingerprint density at radius 3 is 2.57 bits per heavy atom. The van der Waals surface area contributed by atoms with Crippen molar-refractivity contribution in [2.45, 2.75) is 39.4 Å². The molecule has 0 aliphatic heterocycles. The van der Waals surface area contributed by atoms with E-state index in [1.807, 2.05) is 30.3 Å². The molecule has 0 radical (unpaired) electrons. The lowest BCUT2D eigenvalue weighted by atomic mass is 9.70. The van der Waals surface area contributed by atoms with Crippen LogP contribution in [-0.4, -0.2) is 41.1 Å². The SMILES string of the molecule is COCCNC(=O)CC1CC(C(C)C)C(CNS(=O)(=O)Cc2ccccc2)C=C1C. The Balaban J connectivity index is 1.99. The minimum absolute atomic E-state index is 0.0140. The smallest absolute Gasteiger partial charge is 0.220 e. The molecule has 6 nitrogen and oxygen atoms in total. The van der Waals surface area contributed by atoms with Gasteiger partial charge in [-0.25, -0.2) is 13.1 Å². The van der Waals surface area contributed by atoms with Crippen LogP contribution in [0.5, 0.6) is 0 Å². The van der Waals surface area contributed by atoms with Gasteiger partial charge in [0.25, 0.3) is 0 Å². The van der Waals surface area contributed by atoms with Crippen LogP contribution >= 0.6 is 0 Å². The Bertz CT molecular complexity index is 806. The van der Waals surface area contributed by atoms with Gasteiger partial charge in [0.1, 0.15) is 0 Å². The van der Waals surface area contributed by atoms with Crippen molar-refractivity contribution in [3.8, 4) is 0 Å². The summed E-state index contributed by atoms with van der Waals surface area (Å²) in [5, 5.41) is 2.89. The van der Waals surface area contributed by atoms with Gasteiger partial charge in [0.2, 0.25) is 15.9 Å². The Labute approximate surface area is 181 Å². The third-order valence-corrected chi connectivity index (χ3v) is 7.20. The molecule has 2 N–H and O–H groups in total. The van der Waals surface area contributed by atoms with Crippen molar-refractivity contribution in [1.29, 1.82) is 0 Å². The average molecular weight is 437 g/mol. The quantitative estimate of drug-likeness (QED) is 0.412. The van der Waals surface area contributed by atoms with Gasteiger partial charge in [-0.15, -0.1) is 0 Å². The number of ether oxygens (including phenoxy) is 1.